The molecule has 0 fully saturated rings. The normalized spacial score (nSPS) is 10.6. The molecule has 4 rings (SSSR count). The summed E-state index contributed by atoms with van der Waals surface area (Å²) in [5, 5.41) is 4.04. The van der Waals surface area contributed by atoms with Gasteiger partial charge in [-0.1, -0.05) is 45.7 Å². The second-order valence-corrected chi connectivity index (χ2v) is 9.03. The quantitative estimate of drug-likeness (QED) is 0.299. The molecule has 1 aromatic heterocycles. The molecule has 32 heavy (non-hydrogen) atoms. The summed E-state index contributed by atoms with van der Waals surface area (Å²) in [4.78, 5) is 37.5. The van der Waals surface area contributed by atoms with Gasteiger partial charge in [-0.05, 0) is 54.6 Å². The van der Waals surface area contributed by atoms with Crippen LogP contribution in [0.1, 0.15) is 30.4 Å². The number of anilines is 1. The highest BCUT2D eigenvalue weighted by molar-refractivity contribution is 9.10. The number of carbonyl (C=O) groups excluding carboxylic acids is 3. The Balaban J connectivity index is 1.37. The predicted molar refractivity (Wildman–Crippen MR) is 130 cm³/mol. The van der Waals surface area contributed by atoms with Crippen LogP contribution >= 0.6 is 38.9 Å². The van der Waals surface area contributed by atoms with Crippen LogP contribution in [0.5, 0.6) is 0 Å². The van der Waals surface area contributed by atoms with E-state index >= 15 is 0 Å². The molecule has 0 radical (unpaired) electrons. The van der Waals surface area contributed by atoms with Crippen molar-refractivity contribution >= 4 is 72.4 Å². The van der Waals surface area contributed by atoms with Crippen LogP contribution in [0.15, 0.2) is 77.3 Å². The lowest BCUT2D eigenvalue weighted by atomic mass is 10.2. The maximum atomic E-state index is 12.6. The van der Waals surface area contributed by atoms with Gasteiger partial charge in [0.25, 0.3) is 17.7 Å². The van der Waals surface area contributed by atoms with Gasteiger partial charge in [0.1, 0.15) is 4.88 Å². The van der Waals surface area contributed by atoms with E-state index in [1.54, 1.807) is 48.5 Å². The zero-order valence-corrected chi connectivity index (χ0v) is 19.5. The van der Waals surface area contributed by atoms with Crippen molar-refractivity contribution in [1.82, 2.24) is 10.9 Å². The summed E-state index contributed by atoms with van der Waals surface area (Å²) in [5.74, 6) is -1.24. The van der Waals surface area contributed by atoms with E-state index in [0.29, 0.717) is 26.7 Å². The van der Waals surface area contributed by atoms with E-state index in [1.165, 1.54) is 11.3 Å². The third-order valence-corrected chi connectivity index (χ3v) is 6.74. The number of hydrazine groups is 1. The first-order valence-electron chi connectivity index (χ1n) is 9.37. The zero-order chi connectivity index (χ0) is 22.7. The number of hydrogen-bond acceptors (Lipinski definition) is 4. The summed E-state index contributed by atoms with van der Waals surface area (Å²) < 4.78 is 1.78. The van der Waals surface area contributed by atoms with Crippen molar-refractivity contribution in [3.05, 3.63) is 98.3 Å². The molecule has 0 atom stereocenters. The van der Waals surface area contributed by atoms with Crippen LogP contribution < -0.4 is 16.2 Å². The molecule has 0 aliphatic rings. The van der Waals surface area contributed by atoms with Crippen LogP contribution in [-0.2, 0) is 0 Å². The molecule has 4 aromatic rings. The topological polar surface area (TPSA) is 87.3 Å². The Morgan fingerprint density at radius 2 is 1.31 bits per heavy atom. The van der Waals surface area contributed by atoms with Crippen LogP contribution in [0, 0.1) is 0 Å². The van der Waals surface area contributed by atoms with E-state index in [9.17, 15) is 14.4 Å². The molecular formula is C23H15BrClN3O3S. The third kappa shape index (κ3) is 4.83. The van der Waals surface area contributed by atoms with Crippen LogP contribution in [0.2, 0.25) is 5.02 Å². The van der Waals surface area contributed by atoms with Gasteiger partial charge in [-0.3, -0.25) is 25.2 Å². The lowest BCUT2D eigenvalue weighted by molar-refractivity contribution is 0.0846. The Kier molecular flexibility index (Phi) is 6.55. The van der Waals surface area contributed by atoms with Crippen molar-refractivity contribution < 1.29 is 14.4 Å². The summed E-state index contributed by atoms with van der Waals surface area (Å²) >= 11 is 11.0. The second-order valence-electron chi connectivity index (χ2n) is 6.69. The monoisotopic (exact) mass is 527 g/mol. The van der Waals surface area contributed by atoms with Crippen molar-refractivity contribution in [2.45, 2.75) is 0 Å². The first kappa shape index (κ1) is 22.0. The molecule has 0 bridgehead atoms. The lowest BCUT2D eigenvalue weighted by Crippen LogP contribution is -2.41. The van der Waals surface area contributed by atoms with E-state index in [4.69, 9.17) is 11.6 Å². The number of hydrogen-bond donors (Lipinski definition) is 3. The third-order valence-electron chi connectivity index (χ3n) is 4.54. The molecular weight excluding hydrogens is 514 g/mol. The SMILES string of the molecule is O=C(NNC(=O)c1ccc(NC(=O)c2sc3ccccc3c2Cl)cc1)c1ccc(Br)cc1. The predicted octanol–water partition coefficient (Wildman–Crippen LogP) is 5.64. The molecule has 0 aliphatic heterocycles. The van der Waals surface area contributed by atoms with Crippen molar-refractivity contribution in [1.29, 1.82) is 0 Å². The fourth-order valence-corrected chi connectivity index (χ4v) is 4.59. The highest BCUT2D eigenvalue weighted by atomic mass is 79.9. The summed E-state index contributed by atoms with van der Waals surface area (Å²) in [5.41, 5.74) is 5.97. The fourth-order valence-electron chi connectivity index (χ4n) is 2.91. The lowest BCUT2D eigenvalue weighted by Gasteiger charge is -2.09. The summed E-state index contributed by atoms with van der Waals surface area (Å²) in [7, 11) is 0. The minimum atomic E-state index is -0.485. The highest BCUT2D eigenvalue weighted by Crippen LogP contribution is 2.35. The van der Waals surface area contributed by atoms with Gasteiger partial charge >= 0.3 is 0 Å². The van der Waals surface area contributed by atoms with E-state index in [1.807, 2.05) is 24.3 Å². The second kappa shape index (κ2) is 9.52. The zero-order valence-electron chi connectivity index (χ0n) is 16.3. The maximum absolute atomic E-state index is 12.6. The van der Waals surface area contributed by atoms with Crippen molar-refractivity contribution in [2.24, 2.45) is 0 Å². The first-order valence-corrected chi connectivity index (χ1v) is 11.4. The minimum Gasteiger partial charge on any atom is -0.321 e. The molecule has 3 aromatic carbocycles. The smallest absolute Gasteiger partial charge is 0.269 e. The summed E-state index contributed by atoms with van der Waals surface area (Å²) in [6.07, 6.45) is 0. The molecule has 0 saturated carbocycles. The molecule has 3 amide bonds. The molecule has 3 N–H and O–H groups in total. The minimum absolute atomic E-state index is 0.319. The van der Waals surface area contributed by atoms with Crippen LogP contribution in [-0.4, -0.2) is 17.7 Å². The molecule has 1 heterocycles. The van der Waals surface area contributed by atoms with Gasteiger partial charge in [-0.15, -0.1) is 11.3 Å². The molecule has 6 nitrogen and oxygen atoms in total. The number of amides is 3. The van der Waals surface area contributed by atoms with Gasteiger partial charge in [0, 0.05) is 31.4 Å². The Morgan fingerprint density at radius 3 is 1.91 bits per heavy atom. The molecule has 0 unspecified atom stereocenters. The first-order chi connectivity index (χ1) is 15.4. The number of benzene rings is 3. The highest BCUT2D eigenvalue weighted by Gasteiger charge is 2.17. The average Bonchev–Trinajstić information content (AvgIpc) is 3.15. The number of halogens is 2. The molecule has 160 valence electrons. The van der Waals surface area contributed by atoms with Crippen molar-refractivity contribution in [2.75, 3.05) is 5.32 Å². The average molecular weight is 529 g/mol. The number of nitrogens with one attached hydrogen (secondary N) is 3. The van der Waals surface area contributed by atoms with Gasteiger partial charge in [-0.25, -0.2) is 0 Å². The fraction of sp³-hybridized carbons (Fsp3) is 0. The maximum Gasteiger partial charge on any atom is 0.269 e. The van der Waals surface area contributed by atoms with E-state index in [-0.39, 0.29) is 5.91 Å². The summed E-state index contributed by atoms with van der Waals surface area (Å²) in [6.45, 7) is 0. The number of thiophene rings is 1. The molecule has 0 spiro atoms. The molecule has 0 aliphatic carbocycles. The number of carbonyl (C=O) groups is 3. The Morgan fingerprint density at radius 1 is 0.750 bits per heavy atom. The van der Waals surface area contributed by atoms with Gasteiger partial charge in [0.2, 0.25) is 0 Å². The van der Waals surface area contributed by atoms with Gasteiger partial charge in [0.15, 0.2) is 0 Å². The van der Waals surface area contributed by atoms with Crippen molar-refractivity contribution in [3.8, 4) is 0 Å². The van der Waals surface area contributed by atoms with Crippen LogP contribution in [0.4, 0.5) is 5.69 Å². The standard InChI is InChI=1S/C23H15BrClN3O3S/c24-15-9-5-13(6-10-15)21(29)27-28-22(30)14-7-11-16(12-8-14)26-23(31)20-19(25)17-3-1-2-4-18(17)32-20/h1-12H,(H,26,31)(H,27,29)(H,28,30). The Labute approximate surface area is 200 Å². The van der Waals surface area contributed by atoms with Gasteiger partial charge < -0.3 is 5.32 Å². The van der Waals surface area contributed by atoms with E-state index in [2.05, 4.69) is 32.1 Å². The Bertz CT molecular complexity index is 1320. The summed E-state index contributed by atoms with van der Waals surface area (Å²) in [6, 6.07) is 20.6. The molecule has 9 heteroatoms. The molecule has 0 saturated heterocycles. The van der Waals surface area contributed by atoms with Gasteiger partial charge in [-0.2, -0.15) is 0 Å². The van der Waals surface area contributed by atoms with Crippen molar-refractivity contribution in [3.63, 3.8) is 0 Å². The van der Waals surface area contributed by atoms with Crippen LogP contribution in [0.3, 0.4) is 0 Å². The van der Waals surface area contributed by atoms with E-state index in [0.717, 1.165) is 14.6 Å². The van der Waals surface area contributed by atoms with E-state index < -0.39 is 11.8 Å². The number of rotatable bonds is 4. The van der Waals surface area contributed by atoms with Crippen LogP contribution in [0.25, 0.3) is 10.1 Å². The van der Waals surface area contributed by atoms with Gasteiger partial charge in [0.05, 0.1) is 5.02 Å². The number of fused-ring (bicyclic) bond motifs is 1. The Hall–Kier alpha value is -3.20. The largest absolute Gasteiger partial charge is 0.321 e.